The van der Waals surface area contributed by atoms with E-state index in [2.05, 4.69) is 5.32 Å². The van der Waals surface area contributed by atoms with E-state index in [1.54, 1.807) is 18.2 Å². The van der Waals surface area contributed by atoms with E-state index in [1.807, 2.05) is 48.5 Å². The number of hydrogen-bond acceptors (Lipinski definition) is 3. The van der Waals surface area contributed by atoms with E-state index in [1.165, 1.54) is 23.5 Å². The van der Waals surface area contributed by atoms with Gasteiger partial charge in [0.2, 0.25) is 5.91 Å². The summed E-state index contributed by atoms with van der Waals surface area (Å²) in [5, 5.41) is 3.69. The van der Waals surface area contributed by atoms with Crippen molar-refractivity contribution in [2.75, 3.05) is 6.61 Å². The van der Waals surface area contributed by atoms with Gasteiger partial charge < -0.3 is 15.0 Å². The molecule has 7 heteroatoms. The Kier molecular flexibility index (Phi) is 9.55. The molecule has 5 nitrogen and oxygen atoms in total. The molecule has 1 fully saturated rings. The molecule has 194 valence electrons. The molecule has 2 amide bonds. The summed E-state index contributed by atoms with van der Waals surface area (Å²) < 4.78 is 19.7. The molecule has 1 N–H and O–H groups in total. The van der Waals surface area contributed by atoms with Crippen molar-refractivity contribution in [3.8, 4) is 5.75 Å². The SMILES string of the molecule is O=C(NC1CCCCC1)[C@H](Cc1ccccc1)N(Cc1ccccc1Cl)C(=O)COc1ccccc1F. The summed E-state index contributed by atoms with van der Waals surface area (Å²) in [6, 6.07) is 22.1. The first kappa shape index (κ1) is 26.7. The topological polar surface area (TPSA) is 58.6 Å². The van der Waals surface area contributed by atoms with Crippen molar-refractivity contribution >= 4 is 23.4 Å². The highest BCUT2D eigenvalue weighted by Crippen LogP contribution is 2.23. The zero-order valence-corrected chi connectivity index (χ0v) is 21.5. The smallest absolute Gasteiger partial charge is 0.261 e. The van der Waals surface area contributed by atoms with Crippen LogP contribution in [0.3, 0.4) is 0 Å². The first-order chi connectivity index (χ1) is 18.0. The van der Waals surface area contributed by atoms with Crippen molar-refractivity contribution in [2.45, 2.75) is 57.2 Å². The zero-order valence-electron chi connectivity index (χ0n) is 20.7. The van der Waals surface area contributed by atoms with Crippen LogP contribution in [0.15, 0.2) is 78.9 Å². The Bertz CT molecular complexity index is 1180. The van der Waals surface area contributed by atoms with Crippen LogP contribution in [-0.4, -0.2) is 35.4 Å². The van der Waals surface area contributed by atoms with Crippen LogP contribution in [0.1, 0.15) is 43.2 Å². The van der Waals surface area contributed by atoms with Crippen LogP contribution in [0, 0.1) is 5.82 Å². The molecular weight excluding hydrogens is 491 g/mol. The number of nitrogens with zero attached hydrogens (tertiary/aromatic N) is 1. The Morgan fingerprint density at radius 1 is 0.946 bits per heavy atom. The molecule has 4 rings (SSSR count). The van der Waals surface area contributed by atoms with Gasteiger partial charge in [-0.15, -0.1) is 0 Å². The fourth-order valence-corrected chi connectivity index (χ4v) is 4.89. The third kappa shape index (κ3) is 7.56. The lowest BCUT2D eigenvalue weighted by molar-refractivity contribution is -0.143. The number of carbonyl (C=O) groups is 2. The Labute approximate surface area is 222 Å². The molecule has 0 bridgehead atoms. The van der Waals surface area contributed by atoms with Gasteiger partial charge in [-0.1, -0.05) is 91.5 Å². The quantitative estimate of drug-likeness (QED) is 0.358. The second-order valence-electron chi connectivity index (χ2n) is 9.38. The second kappa shape index (κ2) is 13.2. The maximum Gasteiger partial charge on any atom is 0.261 e. The predicted molar refractivity (Wildman–Crippen MR) is 143 cm³/mol. The number of rotatable bonds is 10. The first-order valence-corrected chi connectivity index (χ1v) is 13.1. The minimum Gasteiger partial charge on any atom is -0.481 e. The molecule has 0 aliphatic heterocycles. The number of hydrogen-bond donors (Lipinski definition) is 1. The van der Waals surface area contributed by atoms with Gasteiger partial charge in [0.25, 0.3) is 5.91 Å². The average Bonchev–Trinajstić information content (AvgIpc) is 2.92. The fourth-order valence-electron chi connectivity index (χ4n) is 4.69. The van der Waals surface area contributed by atoms with E-state index in [4.69, 9.17) is 16.3 Å². The van der Waals surface area contributed by atoms with Gasteiger partial charge in [-0.2, -0.15) is 0 Å². The number of ether oxygens (including phenoxy) is 1. The number of benzene rings is 3. The summed E-state index contributed by atoms with van der Waals surface area (Å²) in [7, 11) is 0. The Morgan fingerprint density at radius 2 is 1.62 bits per heavy atom. The third-order valence-electron chi connectivity index (χ3n) is 6.71. The molecule has 1 aliphatic rings. The molecule has 37 heavy (non-hydrogen) atoms. The lowest BCUT2D eigenvalue weighted by Crippen LogP contribution is -2.53. The van der Waals surface area contributed by atoms with Crippen molar-refractivity contribution in [2.24, 2.45) is 0 Å². The summed E-state index contributed by atoms with van der Waals surface area (Å²) in [5.74, 6) is -1.20. The van der Waals surface area contributed by atoms with Crippen LogP contribution in [0.2, 0.25) is 5.02 Å². The average molecular weight is 523 g/mol. The molecule has 0 spiro atoms. The van der Waals surface area contributed by atoms with Gasteiger partial charge in [0.05, 0.1) is 0 Å². The van der Waals surface area contributed by atoms with Crippen molar-refractivity contribution in [3.63, 3.8) is 0 Å². The number of carbonyl (C=O) groups excluding carboxylic acids is 2. The minimum atomic E-state index is -0.794. The number of nitrogens with one attached hydrogen (secondary N) is 1. The Hall–Kier alpha value is -3.38. The fraction of sp³-hybridized carbons (Fsp3) is 0.333. The van der Waals surface area contributed by atoms with Crippen LogP contribution < -0.4 is 10.1 Å². The molecule has 1 aliphatic carbocycles. The van der Waals surface area contributed by atoms with Crippen LogP contribution in [0.25, 0.3) is 0 Å². The summed E-state index contributed by atoms with van der Waals surface area (Å²) >= 11 is 6.45. The van der Waals surface area contributed by atoms with Crippen LogP contribution in [0.4, 0.5) is 4.39 Å². The standard InChI is InChI=1S/C30H32ClFN2O3/c31-25-16-8-7-13-23(25)20-34(29(35)21-37-28-18-10-9-17-26(28)32)27(19-22-11-3-1-4-12-22)30(36)33-24-14-5-2-6-15-24/h1,3-4,7-13,16-18,24,27H,2,5-6,14-15,19-21H2,(H,33,36)/t27-/m0/s1. The highest BCUT2D eigenvalue weighted by atomic mass is 35.5. The van der Waals surface area contributed by atoms with Gasteiger partial charge in [-0.25, -0.2) is 4.39 Å². The molecule has 3 aromatic rings. The first-order valence-electron chi connectivity index (χ1n) is 12.8. The van der Waals surface area contributed by atoms with Crippen molar-refractivity contribution < 1.29 is 18.7 Å². The summed E-state index contributed by atoms with van der Waals surface area (Å²) in [5.41, 5.74) is 1.64. The third-order valence-corrected chi connectivity index (χ3v) is 7.08. The van der Waals surface area contributed by atoms with Gasteiger partial charge in [-0.3, -0.25) is 9.59 Å². The number of halogens is 2. The molecule has 1 saturated carbocycles. The van der Waals surface area contributed by atoms with E-state index in [0.717, 1.165) is 31.2 Å². The van der Waals surface area contributed by atoms with E-state index < -0.39 is 24.4 Å². The molecule has 0 aromatic heterocycles. The zero-order chi connectivity index (χ0) is 26.0. The molecule has 3 aromatic carbocycles. The molecule has 0 radical (unpaired) electrons. The lowest BCUT2D eigenvalue weighted by atomic mass is 9.94. The molecule has 0 saturated heterocycles. The van der Waals surface area contributed by atoms with E-state index in [9.17, 15) is 14.0 Å². The van der Waals surface area contributed by atoms with E-state index in [-0.39, 0.29) is 24.2 Å². The molecule has 0 unspecified atom stereocenters. The number of amides is 2. The molecule has 0 heterocycles. The minimum absolute atomic E-state index is 0.0141. The highest BCUT2D eigenvalue weighted by Gasteiger charge is 2.32. The van der Waals surface area contributed by atoms with Gasteiger partial charge in [-0.05, 0) is 42.2 Å². The lowest BCUT2D eigenvalue weighted by Gasteiger charge is -2.33. The van der Waals surface area contributed by atoms with Gasteiger partial charge in [0.15, 0.2) is 18.2 Å². The monoisotopic (exact) mass is 522 g/mol. The Balaban J connectivity index is 1.62. The van der Waals surface area contributed by atoms with Crippen molar-refractivity contribution in [1.82, 2.24) is 10.2 Å². The van der Waals surface area contributed by atoms with Gasteiger partial charge >= 0.3 is 0 Å². The number of para-hydroxylation sites is 1. The molecule has 1 atom stereocenters. The maximum atomic E-state index is 14.1. The summed E-state index contributed by atoms with van der Waals surface area (Å²) in [4.78, 5) is 28.9. The Morgan fingerprint density at radius 3 is 2.35 bits per heavy atom. The van der Waals surface area contributed by atoms with Crippen molar-refractivity contribution in [3.05, 3.63) is 101 Å². The van der Waals surface area contributed by atoms with Crippen molar-refractivity contribution in [1.29, 1.82) is 0 Å². The van der Waals surface area contributed by atoms with E-state index in [0.29, 0.717) is 17.0 Å². The summed E-state index contributed by atoms with van der Waals surface area (Å²) in [6.07, 6.45) is 5.51. The van der Waals surface area contributed by atoms with Gasteiger partial charge in [0.1, 0.15) is 6.04 Å². The molecular formula is C30H32ClFN2O3. The summed E-state index contributed by atoms with van der Waals surface area (Å²) in [6.45, 7) is -0.290. The second-order valence-corrected chi connectivity index (χ2v) is 9.79. The van der Waals surface area contributed by atoms with Crippen LogP contribution >= 0.6 is 11.6 Å². The highest BCUT2D eigenvalue weighted by molar-refractivity contribution is 6.31. The van der Waals surface area contributed by atoms with E-state index >= 15 is 0 Å². The van der Waals surface area contributed by atoms with Gasteiger partial charge in [0, 0.05) is 24.0 Å². The predicted octanol–water partition coefficient (Wildman–Crippen LogP) is 5.95. The van der Waals surface area contributed by atoms with Crippen LogP contribution in [-0.2, 0) is 22.6 Å². The normalized spacial score (nSPS) is 14.5. The largest absolute Gasteiger partial charge is 0.481 e. The maximum absolute atomic E-state index is 14.1. The van der Waals surface area contributed by atoms with Crippen LogP contribution in [0.5, 0.6) is 5.75 Å².